The van der Waals surface area contributed by atoms with Crippen molar-refractivity contribution in [1.82, 2.24) is 0 Å². The highest BCUT2D eigenvalue weighted by Crippen LogP contribution is 2.18. The summed E-state index contributed by atoms with van der Waals surface area (Å²) in [5.74, 6) is 0. The fourth-order valence-corrected chi connectivity index (χ4v) is 1.80. The van der Waals surface area contributed by atoms with E-state index in [1.807, 2.05) is 12.1 Å². The van der Waals surface area contributed by atoms with Crippen molar-refractivity contribution in [1.29, 1.82) is 0 Å². The van der Waals surface area contributed by atoms with Gasteiger partial charge in [0.05, 0.1) is 13.2 Å². The molecule has 0 amide bonds. The summed E-state index contributed by atoms with van der Waals surface area (Å²) in [4.78, 5) is 2.29. The van der Waals surface area contributed by atoms with Crippen molar-refractivity contribution in [3.05, 3.63) is 24.3 Å². The summed E-state index contributed by atoms with van der Waals surface area (Å²) in [6.07, 6.45) is 0. The lowest BCUT2D eigenvalue weighted by Crippen LogP contribution is -2.36. The summed E-state index contributed by atoms with van der Waals surface area (Å²) < 4.78 is 17.3. The summed E-state index contributed by atoms with van der Waals surface area (Å²) in [5, 5.41) is 3.01. The molecule has 1 fully saturated rings. The predicted octanol–water partition coefficient (Wildman–Crippen LogP) is 1.90. The lowest BCUT2D eigenvalue weighted by molar-refractivity contribution is 0.122. The minimum absolute atomic E-state index is 0.342. The first kappa shape index (κ1) is 11.2. The van der Waals surface area contributed by atoms with Crippen LogP contribution in [0.15, 0.2) is 24.3 Å². The monoisotopic (exact) mass is 224 g/mol. The second-order valence-electron chi connectivity index (χ2n) is 3.76. The Kier molecular flexibility index (Phi) is 3.99. The van der Waals surface area contributed by atoms with Crippen LogP contribution in [0.4, 0.5) is 15.8 Å². The molecule has 16 heavy (non-hydrogen) atoms. The Morgan fingerprint density at radius 2 is 1.88 bits per heavy atom. The molecule has 0 bridgehead atoms. The zero-order valence-electron chi connectivity index (χ0n) is 9.29. The molecule has 1 aromatic carbocycles. The van der Waals surface area contributed by atoms with E-state index in [4.69, 9.17) is 4.74 Å². The molecule has 0 aliphatic carbocycles. The third-order valence-electron chi connectivity index (χ3n) is 2.67. The van der Waals surface area contributed by atoms with E-state index in [9.17, 15) is 4.39 Å². The summed E-state index contributed by atoms with van der Waals surface area (Å²) in [6, 6.07) is 8.10. The molecule has 88 valence electrons. The maximum atomic E-state index is 12.0. The van der Waals surface area contributed by atoms with Crippen LogP contribution in [0.25, 0.3) is 0 Å². The Morgan fingerprint density at radius 1 is 1.19 bits per heavy atom. The fraction of sp³-hybridized carbons (Fsp3) is 0.500. The standard InChI is InChI=1S/C12H17FN2O/c13-5-6-14-11-1-3-12(4-2-11)15-7-9-16-10-8-15/h1-4,14H,5-10H2. The molecule has 0 saturated carbocycles. The molecule has 0 aromatic heterocycles. The van der Waals surface area contributed by atoms with Crippen molar-refractivity contribution in [2.45, 2.75) is 0 Å². The van der Waals surface area contributed by atoms with Gasteiger partial charge >= 0.3 is 0 Å². The molecule has 2 rings (SSSR count). The van der Waals surface area contributed by atoms with Crippen molar-refractivity contribution >= 4 is 11.4 Å². The van der Waals surface area contributed by atoms with Gasteiger partial charge in [0.2, 0.25) is 0 Å². The second kappa shape index (κ2) is 5.70. The van der Waals surface area contributed by atoms with E-state index < -0.39 is 0 Å². The van der Waals surface area contributed by atoms with E-state index in [0.29, 0.717) is 6.54 Å². The molecule has 0 radical (unpaired) electrons. The minimum atomic E-state index is -0.342. The Hall–Kier alpha value is -1.29. The molecule has 0 unspecified atom stereocenters. The largest absolute Gasteiger partial charge is 0.382 e. The molecule has 4 heteroatoms. The van der Waals surface area contributed by atoms with Crippen LogP contribution in [0.5, 0.6) is 0 Å². The van der Waals surface area contributed by atoms with Crippen molar-refractivity contribution in [3.8, 4) is 0 Å². The van der Waals surface area contributed by atoms with Gasteiger partial charge in [-0.25, -0.2) is 4.39 Å². The van der Waals surface area contributed by atoms with Gasteiger partial charge in [-0.1, -0.05) is 0 Å². The zero-order chi connectivity index (χ0) is 11.2. The molecular weight excluding hydrogens is 207 g/mol. The lowest BCUT2D eigenvalue weighted by atomic mass is 10.2. The van der Waals surface area contributed by atoms with Gasteiger partial charge in [-0.05, 0) is 24.3 Å². The number of halogens is 1. The summed E-state index contributed by atoms with van der Waals surface area (Å²) >= 11 is 0. The van der Waals surface area contributed by atoms with Crippen LogP contribution >= 0.6 is 0 Å². The molecule has 0 spiro atoms. The smallest absolute Gasteiger partial charge is 0.107 e. The number of hydrogen-bond donors (Lipinski definition) is 1. The molecule has 1 aliphatic rings. The van der Waals surface area contributed by atoms with Gasteiger partial charge in [0.15, 0.2) is 0 Å². The first-order chi connectivity index (χ1) is 7.90. The van der Waals surface area contributed by atoms with Crippen molar-refractivity contribution in [3.63, 3.8) is 0 Å². The van der Waals surface area contributed by atoms with E-state index in [1.165, 1.54) is 5.69 Å². The Morgan fingerprint density at radius 3 is 2.50 bits per heavy atom. The SMILES string of the molecule is FCCNc1ccc(N2CCOCC2)cc1. The fourth-order valence-electron chi connectivity index (χ4n) is 1.80. The molecule has 1 aromatic rings. The normalized spacial score (nSPS) is 16.2. The Labute approximate surface area is 95.2 Å². The van der Waals surface area contributed by atoms with E-state index in [1.54, 1.807) is 0 Å². The van der Waals surface area contributed by atoms with E-state index in [-0.39, 0.29) is 6.67 Å². The third kappa shape index (κ3) is 2.85. The Bertz CT molecular complexity index is 309. The first-order valence-corrected chi connectivity index (χ1v) is 5.63. The average Bonchev–Trinajstić information content (AvgIpc) is 2.38. The van der Waals surface area contributed by atoms with Crippen molar-refractivity contribution in [2.75, 3.05) is 49.7 Å². The summed E-state index contributed by atoms with van der Waals surface area (Å²) in [7, 11) is 0. The highest BCUT2D eigenvalue weighted by molar-refractivity contribution is 5.55. The van der Waals surface area contributed by atoms with Crippen LogP contribution in [0.1, 0.15) is 0 Å². The molecular formula is C12H17FN2O. The van der Waals surface area contributed by atoms with Gasteiger partial charge in [-0.2, -0.15) is 0 Å². The molecule has 1 heterocycles. The number of benzene rings is 1. The summed E-state index contributed by atoms with van der Waals surface area (Å²) in [6.45, 7) is 3.50. The number of rotatable bonds is 4. The lowest BCUT2D eigenvalue weighted by Gasteiger charge is -2.28. The van der Waals surface area contributed by atoms with E-state index in [2.05, 4.69) is 22.3 Å². The number of alkyl halides is 1. The van der Waals surface area contributed by atoms with Gasteiger partial charge in [0.25, 0.3) is 0 Å². The number of hydrogen-bond acceptors (Lipinski definition) is 3. The van der Waals surface area contributed by atoms with Gasteiger partial charge in [-0.3, -0.25) is 0 Å². The van der Waals surface area contributed by atoms with Crippen LogP contribution < -0.4 is 10.2 Å². The van der Waals surface area contributed by atoms with Crippen molar-refractivity contribution < 1.29 is 9.13 Å². The number of anilines is 2. The minimum Gasteiger partial charge on any atom is -0.382 e. The van der Waals surface area contributed by atoms with E-state index >= 15 is 0 Å². The maximum Gasteiger partial charge on any atom is 0.107 e. The topological polar surface area (TPSA) is 24.5 Å². The number of nitrogens with zero attached hydrogens (tertiary/aromatic N) is 1. The second-order valence-corrected chi connectivity index (χ2v) is 3.76. The van der Waals surface area contributed by atoms with Gasteiger partial charge in [0.1, 0.15) is 6.67 Å². The number of ether oxygens (including phenoxy) is 1. The van der Waals surface area contributed by atoms with Crippen LogP contribution in [0, 0.1) is 0 Å². The highest BCUT2D eigenvalue weighted by atomic mass is 19.1. The van der Waals surface area contributed by atoms with E-state index in [0.717, 1.165) is 32.0 Å². The molecule has 0 atom stereocenters. The predicted molar refractivity (Wildman–Crippen MR) is 63.9 cm³/mol. The quantitative estimate of drug-likeness (QED) is 0.845. The van der Waals surface area contributed by atoms with Crippen LogP contribution in [0.2, 0.25) is 0 Å². The first-order valence-electron chi connectivity index (χ1n) is 5.63. The maximum absolute atomic E-state index is 12.0. The zero-order valence-corrected chi connectivity index (χ0v) is 9.29. The Balaban J connectivity index is 1.95. The van der Waals surface area contributed by atoms with Crippen LogP contribution in [0.3, 0.4) is 0 Å². The molecule has 3 nitrogen and oxygen atoms in total. The highest BCUT2D eigenvalue weighted by Gasteiger charge is 2.10. The van der Waals surface area contributed by atoms with Crippen LogP contribution in [-0.2, 0) is 4.74 Å². The number of nitrogens with one attached hydrogen (secondary N) is 1. The molecule has 1 saturated heterocycles. The van der Waals surface area contributed by atoms with Crippen LogP contribution in [-0.4, -0.2) is 39.5 Å². The van der Waals surface area contributed by atoms with Crippen molar-refractivity contribution in [2.24, 2.45) is 0 Å². The number of morpholine rings is 1. The average molecular weight is 224 g/mol. The summed E-state index contributed by atoms with van der Waals surface area (Å²) in [5.41, 5.74) is 2.17. The van der Waals surface area contributed by atoms with Gasteiger partial charge < -0.3 is 15.0 Å². The molecule has 1 N–H and O–H groups in total. The van der Waals surface area contributed by atoms with Gasteiger partial charge in [-0.15, -0.1) is 0 Å². The molecule has 1 aliphatic heterocycles. The van der Waals surface area contributed by atoms with Gasteiger partial charge in [0, 0.05) is 31.0 Å². The third-order valence-corrected chi connectivity index (χ3v) is 2.67.